The van der Waals surface area contributed by atoms with E-state index in [1.807, 2.05) is 19.1 Å². The predicted octanol–water partition coefficient (Wildman–Crippen LogP) is 3.41. The minimum absolute atomic E-state index is 0.141. The first-order valence-electron chi connectivity index (χ1n) is 5.41. The number of allylic oxidation sites excluding steroid dienone is 4. The monoisotopic (exact) mass is 226 g/mol. The summed E-state index contributed by atoms with van der Waals surface area (Å²) < 4.78 is 0. The van der Waals surface area contributed by atoms with Crippen LogP contribution in [0.1, 0.15) is 18.9 Å². The maximum Gasteiger partial charge on any atom is 0.279 e. The van der Waals surface area contributed by atoms with Gasteiger partial charge in [0.15, 0.2) is 0 Å². The summed E-state index contributed by atoms with van der Waals surface area (Å²) in [7, 11) is 0. The lowest BCUT2D eigenvalue weighted by Crippen LogP contribution is -2.02. The summed E-state index contributed by atoms with van der Waals surface area (Å²) in [5.74, 6) is 0. The highest BCUT2D eigenvalue weighted by atomic mass is 16.6. The van der Waals surface area contributed by atoms with Crippen molar-refractivity contribution in [2.45, 2.75) is 13.3 Å². The van der Waals surface area contributed by atoms with Crippen LogP contribution in [0.5, 0.6) is 0 Å². The molecule has 0 amide bonds. The van der Waals surface area contributed by atoms with Gasteiger partial charge in [-0.25, -0.2) is 0 Å². The Hall–Kier alpha value is -2.23. The third kappa shape index (κ3) is 1.41. The van der Waals surface area contributed by atoms with Crippen LogP contribution in [0.25, 0.3) is 5.57 Å². The van der Waals surface area contributed by atoms with Crippen molar-refractivity contribution in [3.05, 3.63) is 51.6 Å². The molecule has 0 fully saturated rings. The normalized spacial score (nSPS) is 16.6. The number of nitrogens with zero attached hydrogens (tertiary/aromatic N) is 2. The van der Waals surface area contributed by atoms with Crippen molar-refractivity contribution in [2.24, 2.45) is 4.99 Å². The molecule has 1 aliphatic carbocycles. The van der Waals surface area contributed by atoms with Gasteiger partial charge in [-0.05, 0) is 19.1 Å². The molecule has 1 aromatic carbocycles. The van der Waals surface area contributed by atoms with Crippen molar-refractivity contribution < 1.29 is 4.92 Å². The van der Waals surface area contributed by atoms with Gasteiger partial charge in [0.05, 0.1) is 21.9 Å². The molecule has 0 saturated carbocycles. The van der Waals surface area contributed by atoms with E-state index in [4.69, 9.17) is 0 Å². The summed E-state index contributed by atoms with van der Waals surface area (Å²) in [5, 5.41) is 11.0. The fourth-order valence-electron chi connectivity index (χ4n) is 2.25. The van der Waals surface area contributed by atoms with Crippen molar-refractivity contribution in [1.82, 2.24) is 0 Å². The molecule has 2 aliphatic rings. The smallest absolute Gasteiger partial charge is 0.258 e. The van der Waals surface area contributed by atoms with Gasteiger partial charge in [0.1, 0.15) is 0 Å². The molecule has 0 aromatic heterocycles. The maximum absolute atomic E-state index is 11.0. The quantitative estimate of drug-likeness (QED) is 0.544. The largest absolute Gasteiger partial charge is 0.279 e. The van der Waals surface area contributed by atoms with E-state index in [0.717, 1.165) is 23.3 Å². The van der Waals surface area contributed by atoms with Crippen LogP contribution >= 0.6 is 0 Å². The van der Waals surface area contributed by atoms with Crippen molar-refractivity contribution in [3.8, 4) is 0 Å². The zero-order valence-corrected chi connectivity index (χ0v) is 9.30. The lowest BCUT2D eigenvalue weighted by molar-refractivity contribution is -0.385. The molecular formula is C13H10N2O2. The van der Waals surface area contributed by atoms with Gasteiger partial charge in [0.2, 0.25) is 0 Å². The number of benzene rings is 1. The number of hydrogen-bond acceptors (Lipinski definition) is 3. The van der Waals surface area contributed by atoms with Crippen LogP contribution in [-0.2, 0) is 0 Å². The molecule has 4 heteroatoms. The molecule has 4 nitrogen and oxygen atoms in total. The van der Waals surface area contributed by atoms with Crippen LogP contribution in [0.2, 0.25) is 0 Å². The second-order valence-corrected chi connectivity index (χ2v) is 4.20. The predicted molar refractivity (Wildman–Crippen MR) is 66.5 cm³/mol. The number of fused-ring (bicyclic) bond motifs is 3. The Bertz CT molecular complexity index is 624. The van der Waals surface area contributed by atoms with E-state index in [2.05, 4.69) is 11.1 Å². The molecule has 17 heavy (non-hydrogen) atoms. The summed E-state index contributed by atoms with van der Waals surface area (Å²) in [6.07, 6.45) is 4.81. The molecule has 0 bridgehead atoms. The first kappa shape index (κ1) is 9.96. The van der Waals surface area contributed by atoms with Gasteiger partial charge in [-0.3, -0.25) is 15.1 Å². The van der Waals surface area contributed by atoms with Crippen LogP contribution in [0, 0.1) is 10.1 Å². The molecule has 1 aliphatic heterocycles. The zero-order chi connectivity index (χ0) is 12.0. The highest BCUT2D eigenvalue weighted by Crippen LogP contribution is 2.43. The Labute approximate surface area is 98.1 Å². The lowest BCUT2D eigenvalue weighted by Gasteiger charge is -2.09. The number of rotatable bonds is 1. The minimum atomic E-state index is -0.341. The van der Waals surface area contributed by atoms with Crippen LogP contribution in [0.4, 0.5) is 11.4 Å². The van der Waals surface area contributed by atoms with Crippen molar-refractivity contribution in [1.29, 1.82) is 0 Å². The van der Waals surface area contributed by atoms with E-state index in [0.29, 0.717) is 11.3 Å². The molecular weight excluding hydrogens is 216 g/mol. The summed E-state index contributed by atoms with van der Waals surface area (Å²) in [4.78, 5) is 15.1. The first-order chi connectivity index (χ1) is 8.16. The van der Waals surface area contributed by atoms with Crippen molar-refractivity contribution in [3.63, 3.8) is 0 Å². The Kier molecular flexibility index (Phi) is 1.98. The van der Waals surface area contributed by atoms with Gasteiger partial charge >= 0.3 is 0 Å². The SMILES string of the molecule is CC1=CCC2=Nc3cccc([N+](=O)[O-])c3C2=C1. The average Bonchev–Trinajstić information content (AvgIpc) is 2.66. The maximum atomic E-state index is 11.0. The molecule has 1 aromatic rings. The highest BCUT2D eigenvalue weighted by molar-refractivity contribution is 6.31. The van der Waals surface area contributed by atoms with Crippen LogP contribution in [0.3, 0.4) is 0 Å². The highest BCUT2D eigenvalue weighted by Gasteiger charge is 2.29. The zero-order valence-electron chi connectivity index (χ0n) is 9.30. The van der Waals surface area contributed by atoms with E-state index in [9.17, 15) is 10.1 Å². The van der Waals surface area contributed by atoms with Gasteiger partial charge in [-0.15, -0.1) is 0 Å². The number of hydrogen-bond donors (Lipinski definition) is 0. The van der Waals surface area contributed by atoms with Gasteiger partial charge in [0.25, 0.3) is 5.69 Å². The van der Waals surface area contributed by atoms with Crippen molar-refractivity contribution in [2.75, 3.05) is 0 Å². The molecule has 0 atom stereocenters. The molecule has 0 radical (unpaired) electrons. The first-order valence-corrected chi connectivity index (χ1v) is 5.41. The fraction of sp³-hybridized carbons (Fsp3) is 0.154. The molecule has 1 heterocycles. The molecule has 84 valence electrons. The standard InChI is InChI=1S/C13H10N2O2/c1-8-5-6-10-9(7-8)13-11(14-10)3-2-4-12(13)15(16)17/h2-5,7H,6H2,1H3. The second-order valence-electron chi connectivity index (χ2n) is 4.20. The summed E-state index contributed by atoms with van der Waals surface area (Å²) in [6.45, 7) is 2.00. The van der Waals surface area contributed by atoms with E-state index < -0.39 is 0 Å². The third-order valence-electron chi connectivity index (χ3n) is 3.04. The van der Waals surface area contributed by atoms with Crippen molar-refractivity contribution >= 4 is 22.7 Å². The number of nitro benzene ring substituents is 1. The third-order valence-corrected chi connectivity index (χ3v) is 3.04. The molecule has 0 saturated heterocycles. The van der Waals surface area contributed by atoms with Gasteiger partial charge in [0, 0.05) is 18.1 Å². The molecule has 0 unspecified atom stereocenters. The molecule has 0 N–H and O–H groups in total. The van der Waals surface area contributed by atoms with Crippen LogP contribution in [-0.4, -0.2) is 10.6 Å². The Balaban J connectivity index is 2.26. The molecule has 3 rings (SSSR count). The van der Waals surface area contributed by atoms with Gasteiger partial charge in [-0.2, -0.15) is 0 Å². The lowest BCUT2D eigenvalue weighted by atomic mass is 9.93. The van der Waals surface area contributed by atoms with Crippen LogP contribution < -0.4 is 0 Å². The summed E-state index contributed by atoms with van der Waals surface area (Å²) in [6, 6.07) is 5.04. The Morgan fingerprint density at radius 3 is 3.00 bits per heavy atom. The Morgan fingerprint density at radius 1 is 1.41 bits per heavy atom. The van der Waals surface area contributed by atoms with Gasteiger partial charge < -0.3 is 0 Å². The molecule has 0 spiro atoms. The summed E-state index contributed by atoms with van der Waals surface area (Å²) >= 11 is 0. The average molecular weight is 226 g/mol. The second kappa shape index (κ2) is 3.38. The fourth-order valence-corrected chi connectivity index (χ4v) is 2.25. The topological polar surface area (TPSA) is 55.5 Å². The van der Waals surface area contributed by atoms with E-state index in [1.165, 1.54) is 6.07 Å². The van der Waals surface area contributed by atoms with Gasteiger partial charge in [-0.1, -0.05) is 17.7 Å². The van der Waals surface area contributed by atoms with Crippen LogP contribution in [0.15, 0.2) is 40.9 Å². The Morgan fingerprint density at radius 2 is 2.24 bits per heavy atom. The number of aliphatic imine (C=N–C) groups is 1. The van der Waals surface area contributed by atoms with E-state index >= 15 is 0 Å². The summed E-state index contributed by atoms with van der Waals surface area (Å²) in [5.41, 5.74) is 4.49. The number of nitro groups is 1. The van der Waals surface area contributed by atoms with E-state index in [-0.39, 0.29) is 10.6 Å². The minimum Gasteiger partial charge on any atom is -0.258 e. The van der Waals surface area contributed by atoms with E-state index in [1.54, 1.807) is 6.07 Å².